The van der Waals surface area contributed by atoms with Crippen molar-refractivity contribution in [2.45, 2.75) is 85.2 Å². The minimum atomic E-state index is -0.577. The second-order valence-corrected chi connectivity index (χ2v) is 10.4. The first-order valence-electron chi connectivity index (χ1n) is 11.8. The summed E-state index contributed by atoms with van der Waals surface area (Å²) in [6.07, 6.45) is 9.67. The number of fused-ring (bicyclic) bond motifs is 5. The Morgan fingerprint density at radius 1 is 1.07 bits per heavy atom. The molecule has 0 aliphatic heterocycles. The van der Waals surface area contributed by atoms with Gasteiger partial charge in [0.25, 0.3) is 0 Å². The molecule has 0 aromatic rings. The predicted molar refractivity (Wildman–Crippen MR) is 112 cm³/mol. The van der Waals surface area contributed by atoms with Gasteiger partial charge in [-0.05, 0) is 75.0 Å². The number of carbonyl (C=O) groups excluding carboxylic acids is 3. The standard InChI is InChI=1S/C25H36O5/c1-5-29-23(28)19-8-9-20-18-7-6-16-14-17(30-15(2)26)10-12-24(16,3)21(18)11-13-25(20,4)22(19)27/h6,17-21H,5,7-14H2,1-4H3/t17-,18-,19?,20-,21-,24-,25-/m0/s1. The molecule has 5 heteroatoms. The molecule has 4 aliphatic carbocycles. The van der Waals surface area contributed by atoms with Crippen molar-refractivity contribution in [3.63, 3.8) is 0 Å². The monoisotopic (exact) mass is 416 g/mol. The van der Waals surface area contributed by atoms with E-state index < -0.39 is 11.3 Å². The van der Waals surface area contributed by atoms with Crippen molar-refractivity contribution in [3.8, 4) is 0 Å². The lowest BCUT2D eigenvalue weighted by Crippen LogP contribution is -2.56. The van der Waals surface area contributed by atoms with Gasteiger partial charge in [0.15, 0.2) is 5.78 Å². The Morgan fingerprint density at radius 2 is 1.77 bits per heavy atom. The summed E-state index contributed by atoms with van der Waals surface area (Å²) in [5.74, 6) is 0.432. The molecular formula is C25H36O5. The third-order valence-electron chi connectivity index (χ3n) is 9.00. The molecule has 0 spiro atoms. The fourth-order valence-electron chi connectivity index (χ4n) is 7.46. The second kappa shape index (κ2) is 7.80. The van der Waals surface area contributed by atoms with Crippen molar-refractivity contribution >= 4 is 17.7 Å². The summed E-state index contributed by atoms with van der Waals surface area (Å²) in [4.78, 5) is 37.2. The van der Waals surface area contributed by atoms with E-state index in [1.165, 1.54) is 12.5 Å². The molecule has 0 heterocycles. The highest BCUT2D eigenvalue weighted by Crippen LogP contribution is 2.63. The maximum absolute atomic E-state index is 13.4. The van der Waals surface area contributed by atoms with Crippen LogP contribution in [0.2, 0.25) is 0 Å². The maximum Gasteiger partial charge on any atom is 0.316 e. The zero-order chi connectivity index (χ0) is 21.7. The van der Waals surface area contributed by atoms with Gasteiger partial charge in [-0.15, -0.1) is 0 Å². The Hall–Kier alpha value is -1.65. The van der Waals surface area contributed by atoms with Crippen LogP contribution in [-0.2, 0) is 23.9 Å². The van der Waals surface area contributed by atoms with Gasteiger partial charge in [0.1, 0.15) is 12.0 Å². The summed E-state index contributed by atoms with van der Waals surface area (Å²) in [6.45, 7) is 8.12. The molecule has 0 N–H and O–H groups in total. The van der Waals surface area contributed by atoms with Gasteiger partial charge < -0.3 is 9.47 Å². The fraction of sp³-hybridized carbons (Fsp3) is 0.800. The van der Waals surface area contributed by atoms with E-state index in [9.17, 15) is 14.4 Å². The van der Waals surface area contributed by atoms with Crippen LogP contribution >= 0.6 is 0 Å². The van der Waals surface area contributed by atoms with Gasteiger partial charge in [0.2, 0.25) is 0 Å². The smallest absolute Gasteiger partial charge is 0.316 e. The topological polar surface area (TPSA) is 69.7 Å². The van der Waals surface area contributed by atoms with Crippen molar-refractivity contribution in [2.75, 3.05) is 6.61 Å². The number of Topliss-reactive ketones (excluding diaryl/α,β-unsaturated/α-hetero) is 1. The Balaban J connectivity index is 1.55. The van der Waals surface area contributed by atoms with Crippen LogP contribution in [-0.4, -0.2) is 30.4 Å². The molecule has 0 saturated heterocycles. The summed E-state index contributed by atoms with van der Waals surface area (Å²) in [6, 6.07) is 0. The van der Waals surface area contributed by atoms with Crippen LogP contribution in [0.5, 0.6) is 0 Å². The number of hydrogen-bond donors (Lipinski definition) is 0. The number of ketones is 1. The molecule has 5 nitrogen and oxygen atoms in total. The number of esters is 2. The summed E-state index contributed by atoms with van der Waals surface area (Å²) in [7, 11) is 0. The van der Waals surface area contributed by atoms with Crippen LogP contribution in [0.1, 0.15) is 79.1 Å². The highest BCUT2D eigenvalue weighted by Gasteiger charge is 2.59. The summed E-state index contributed by atoms with van der Waals surface area (Å²) >= 11 is 0. The molecule has 3 saturated carbocycles. The van der Waals surface area contributed by atoms with E-state index in [1.807, 2.05) is 0 Å². The van der Waals surface area contributed by atoms with Crippen molar-refractivity contribution < 1.29 is 23.9 Å². The lowest BCUT2D eigenvalue weighted by atomic mass is 9.44. The number of hydrogen-bond acceptors (Lipinski definition) is 5. The van der Waals surface area contributed by atoms with E-state index in [0.29, 0.717) is 30.8 Å². The third-order valence-corrected chi connectivity index (χ3v) is 9.00. The zero-order valence-corrected chi connectivity index (χ0v) is 18.9. The lowest BCUT2D eigenvalue weighted by Gasteiger charge is -2.59. The van der Waals surface area contributed by atoms with E-state index >= 15 is 0 Å². The van der Waals surface area contributed by atoms with Gasteiger partial charge in [0.05, 0.1) is 6.61 Å². The minimum absolute atomic E-state index is 0.00817. The van der Waals surface area contributed by atoms with E-state index in [0.717, 1.165) is 44.9 Å². The van der Waals surface area contributed by atoms with Gasteiger partial charge in [-0.3, -0.25) is 14.4 Å². The first-order valence-corrected chi connectivity index (χ1v) is 11.8. The van der Waals surface area contributed by atoms with E-state index in [4.69, 9.17) is 9.47 Å². The number of allylic oxidation sites excluding steroid dienone is 1. The fourth-order valence-corrected chi connectivity index (χ4v) is 7.46. The Kier molecular flexibility index (Phi) is 5.61. The van der Waals surface area contributed by atoms with Crippen molar-refractivity contribution in [2.24, 2.45) is 34.5 Å². The molecule has 0 radical (unpaired) electrons. The van der Waals surface area contributed by atoms with Crippen LogP contribution in [0.25, 0.3) is 0 Å². The largest absolute Gasteiger partial charge is 0.465 e. The molecule has 166 valence electrons. The van der Waals surface area contributed by atoms with E-state index in [-0.39, 0.29) is 29.2 Å². The molecule has 0 amide bonds. The van der Waals surface area contributed by atoms with Crippen molar-refractivity contribution in [1.82, 2.24) is 0 Å². The normalized spacial score (nSPS) is 42.9. The molecule has 4 aliphatic rings. The minimum Gasteiger partial charge on any atom is -0.465 e. The van der Waals surface area contributed by atoms with Crippen LogP contribution in [0.3, 0.4) is 0 Å². The van der Waals surface area contributed by atoms with Gasteiger partial charge in [0, 0.05) is 18.8 Å². The van der Waals surface area contributed by atoms with E-state index in [1.54, 1.807) is 6.92 Å². The third kappa shape index (κ3) is 3.33. The molecule has 4 rings (SSSR count). The van der Waals surface area contributed by atoms with Gasteiger partial charge in [-0.2, -0.15) is 0 Å². The Morgan fingerprint density at radius 3 is 2.47 bits per heavy atom. The molecule has 3 fully saturated rings. The van der Waals surface area contributed by atoms with Gasteiger partial charge in [-0.1, -0.05) is 25.5 Å². The Bertz CT molecular complexity index is 770. The average molecular weight is 417 g/mol. The molecule has 7 atom stereocenters. The van der Waals surface area contributed by atoms with Crippen molar-refractivity contribution in [3.05, 3.63) is 11.6 Å². The van der Waals surface area contributed by atoms with Gasteiger partial charge >= 0.3 is 11.9 Å². The van der Waals surface area contributed by atoms with Crippen LogP contribution in [0.15, 0.2) is 11.6 Å². The SMILES string of the molecule is CCOC(=O)C1CC[C@H]2[C@@H]3CC=C4C[C@@H](OC(C)=O)CC[C@]4(C)[C@H]3CC[C@]2(C)C1=O. The highest BCUT2D eigenvalue weighted by molar-refractivity contribution is 6.02. The van der Waals surface area contributed by atoms with E-state index in [2.05, 4.69) is 19.9 Å². The molecular weight excluding hydrogens is 380 g/mol. The average Bonchev–Trinajstić information content (AvgIpc) is 2.69. The quantitative estimate of drug-likeness (QED) is 0.381. The number of ether oxygens (including phenoxy) is 2. The van der Waals surface area contributed by atoms with Crippen LogP contribution in [0.4, 0.5) is 0 Å². The Labute approximate surface area is 179 Å². The summed E-state index contributed by atoms with van der Waals surface area (Å²) in [5, 5.41) is 0. The lowest BCUT2D eigenvalue weighted by molar-refractivity contribution is -0.165. The maximum atomic E-state index is 13.4. The molecule has 0 aromatic carbocycles. The molecule has 0 aromatic heterocycles. The van der Waals surface area contributed by atoms with Crippen LogP contribution in [0, 0.1) is 34.5 Å². The highest BCUT2D eigenvalue weighted by atomic mass is 16.5. The predicted octanol–water partition coefficient (Wildman–Crippen LogP) is 4.63. The summed E-state index contributed by atoms with van der Waals surface area (Å²) < 4.78 is 10.7. The molecule has 0 bridgehead atoms. The van der Waals surface area contributed by atoms with Gasteiger partial charge in [-0.25, -0.2) is 0 Å². The molecule has 30 heavy (non-hydrogen) atoms. The number of rotatable bonds is 3. The van der Waals surface area contributed by atoms with Crippen molar-refractivity contribution in [1.29, 1.82) is 0 Å². The second-order valence-electron chi connectivity index (χ2n) is 10.4. The molecule has 1 unspecified atom stereocenters. The summed E-state index contributed by atoms with van der Waals surface area (Å²) in [5.41, 5.74) is 1.19. The van der Waals surface area contributed by atoms with Crippen LogP contribution < -0.4 is 0 Å². The first kappa shape index (κ1) is 21.6. The number of carbonyl (C=O) groups is 3. The first-order chi connectivity index (χ1) is 14.2. The zero-order valence-electron chi connectivity index (χ0n) is 18.9.